The molecule has 0 bridgehead atoms. The molecular weight excluding hydrogens is 236 g/mol. The van der Waals surface area contributed by atoms with Crippen molar-refractivity contribution < 1.29 is 4.74 Å². The second-order valence-corrected chi connectivity index (χ2v) is 7.35. The maximum atomic E-state index is 5.43. The predicted molar refractivity (Wildman–Crippen MR) is 82.5 cm³/mol. The molecule has 3 heteroatoms. The molecule has 0 aliphatic carbocycles. The molecular formula is C16H34N2O. The fourth-order valence-electron chi connectivity index (χ4n) is 3.05. The number of nitrogens with one attached hydrogen (secondary N) is 1. The van der Waals surface area contributed by atoms with Gasteiger partial charge in [-0.25, -0.2) is 0 Å². The number of nitrogens with zero attached hydrogens (tertiary/aromatic N) is 1. The van der Waals surface area contributed by atoms with Crippen LogP contribution in [0.2, 0.25) is 0 Å². The number of ether oxygens (including phenoxy) is 1. The van der Waals surface area contributed by atoms with Gasteiger partial charge < -0.3 is 10.1 Å². The van der Waals surface area contributed by atoms with Gasteiger partial charge in [0.25, 0.3) is 0 Å². The van der Waals surface area contributed by atoms with E-state index in [9.17, 15) is 0 Å². The monoisotopic (exact) mass is 270 g/mol. The standard InChI is InChI=1S/C16H34N2O/c1-8-13(11-19-7)18-10-15(16(4,5)6)17-9-14(18)12(2)3/h12-15,17H,8-11H2,1-7H3. The summed E-state index contributed by atoms with van der Waals surface area (Å²) in [6, 6.07) is 1.73. The minimum absolute atomic E-state index is 0.311. The molecule has 0 radical (unpaired) electrons. The highest BCUT2D eigenvalue weighted by atomic mass is 16.5. The molecule has 1 aliphatic rings. The van der Waals surface area contributed by atoms with Crippen LogP contribution in [0.1, 0.15) is 48.0 Å². The van der Waals surface area contributed by atoms with E-state index in [2.05, 4.69) is 51.8 Å². The molecule has 0 amide bonds. The van der Waals surface area contributed by atoms with Crippen molar-refractivity contribution in [1.29, 1.82) is 0 Å². The van der Waals surface area contributed by atoms with Crippen LogP contribution in [0.3, 0.4) is 0 Å². The lowest BCUT2D eigenvalue weighted by atomic mass is 9.83. The van der Waals surface area contributed by atoms with Crippen LogP contribution in [0.4, 0.5) is 0 Å². The number of methoxy groups -OCH3 is 1. The minimum Gasteiger partial charge on any atom is -0.383 e. The van der Waals surface area contributed by atoms with E-state index < -0.39 is 0 Å². The molecule has 0 spiro atoms. The van der Waals surface area contributed by atoms with Crippen molar-refractivity contribution in [3.8, 4) is 0 Å². The van der Waals surface area contributed by atoms with Crippen molar-refractivity contribution in [2.45, 2.75) is 66.1 Å². The van der Waals surface area contributed by atoms with Gasteiger partial charge in [-0.2, -0.15) is 0 Å². The van der Waals surface area contributed by atoms with Gasteiger partial charge in [0.2, 0.25) is 0 Å². The zero-order valence-electron chi connectivity index (χ0n) is 14.0. The number of hydrogen-bond acceptors (Lipinski definition) is 3. The molecule has 1 fully saturated rings. The minimum atomic E-state index is 0.311. The topological polar surface area (TPSA) is 24.5 Å². The average Bonchev–Trinajstić information content (AvgIpc) is 2.34. The van der Waals surface area contributed by atoms with Gasteiger partial charge in [0.1, 0.15) is 0 Å². The third kappa shape index (κ3) is 4.44. The van der Waals surface area contributed by atoms with Crippen molar-refractivity contribution >= 4 is 0 Å². The third-order valence-electron chi connectivity index (χ3n) is 4.51. The molecule has 3 nitrogen and oxygen atoms in total. The Hall–Kier alpha value is -0.120. The first kappa shape index (κ1) is 16.9. The summed E-state index contributed by atoms with van der Waals surface area (Å²) >= 11 is 0. The lowest BCUT2D eigenvalue weighted by Gasteiger charge is -2.49. The van der Waals surface area contributed by atoms with Crippen LogP contribution < -0.4 is 5.32 Å². The zero-order valence-corrected chi connectivity index (χ0v) is 14.0. The largest absolute Gasteiger partial charge is 0.383 e. The van der Waals surface area contributed by atoms with Gasteiger partial charge in [0.05, 0.1) is 6.61 Å². The Kier molecular flexibility index (Phi) is 6.28. The van der Waals surface area contributed by atoms with Crippen LogP contribution in [0.25, 0.3) is 0 Å². The molecule has 114 valence electrons. The molecule has 0 aromatic rings. The third-order valence-corrected chi connectivity index (χ3v) is 4.51. The van der Waals surface area contributed by atoms with E-state index in [1.807, 2.05) is 7.11 Å². The molecule has 19 heavy (non-hydrogen) atoms. The van der Waals surface area contributed by atoms with Gasteiger partial charge in [-0.3, -0.25) is 4.90 Å². The Bertz CT molecular complexity index is 260. The van der Waals surface area contributed by atoms with Gasteiger partial charge in [-0.1, -0.05) is 41.5 Å². The number of piperazine rings is 1. The lowest BCUT2D eigenvalue weighted by Crippen LogP contribution is -2.64. The van der Waals surface area contributed by atoms with E-state index in [0.717, 1.165) is 26.1 Å². The Morgan fingerprint density at radius 3 is 2.37 bits per heavy atom. The van der Waals surface area contributed by atoms with Crippen molar-refractivity contribution in [3.63, 3.8) is 0 Å². The Labute approximate surface area is 120 Å². The van der Waals surface area contributed by atoms with Crippen LogP contribution in [0.15, 0.2) is 0 Å². The second kappa shape index (κ2) is 7.05. The predicted octanol–water partition coefficient (Wildman–Crippen LogP) is 2.76. The first-order valence-corrected chi connectivity index (χ1v) is 7.79. The van der Waals surface area contributed by atoms with Crippen LogP contribution in [-0.2, 0) is 4.74 Å². The van der Waals surface area contributed by atoms with Crippen LogP contribution in [0, 0.1) is 11.3 Å². The normalized spacial score (nSPS) is 27.8. The second-order valence-electron chi connectivity index (χ2n) is 7.35. The molecule has 1 aliphatic heterocycles. The number of hydrogen-bond donors (Lipinski definition) is 1. The summed E-state index contributed by atoms with van der Waals surface area (Å²) in [5, 5.41) is 3.76. The smallest absolute Gasteiger partial charge is 0.0618 e. The quantitative estimate of drug-likeness (QED) is 0.831. The van der Waals surface area contributed by atoms with Crippen LogP contribution >= 0.6 is 0 Å². The van der Waals surface area contributed by atoms with Crippen LogP contribution in [0.5, 0.6) is 0 Å². The Morgan fingerprint density at radius 2 is 1.95 bits per heavy atom. The first-order valence-electron chi connectivity index (χ1n) is 7.79. The van der Waals surface area contributed by atoms with Gasteiger partial charge in [-0.15, -0.1) is 0 Å². The fraction of sp³-hybridized carbons (Fsp3) is 1.00. The Balaban J connectivity index is 2.83. The fourth-order valence-corrected chi connectivity index (χ4v) is 3.05. The highest BCUT2D eigenvalue weighted by molar-refractivity contribution is 4.95. The van der Waals surface area contributed by atoms with E-state index in [0.29, 0.717) is 29.5 Å². The summed E-state index contributed by atoms with van der Waals surface area (Å²) in [7, 11) is 1.82. The number of rotatable bonds is 5. The van der Waals surface area contributed by atoms with E-state index >= 15 is 0 Å². The van der Waals surface area contributed by atoms with Gasteiger partial charge in [-0.05, 0) is 17.8 Å². The summed E-state index contributed by atoms with van der Waals surface area (Å²) in [4.78, 5) is 2.70. The highest BCUT2D eigenvalue weighted by Gasteiger charge is 2.37. The molecule has 1 saturated heterocycles. The molecule has 1 heterocycles. The SMILES string of the molecule is CCC(COC)N1CC(C(C)(C)C)NCC1C(C)C. The summed E-state index contributed by atoms with van der Waals surface area (Å²) < 4.78 is 5.43. The average molecular weight is 270 g/mol. The van der Waals surface area contributed by atoms with Gasteiger partial charge >= 0.3 is 0 Å². The molecule has 0 aromatic carbocycles. The van der Waals surface area contributed by atoms with E-state index in [4.69, 9.17) is 4.74 Å². The summed E-state index contributed by atoms with van der Waals surface area (Å²) in [5.74, 6) is 0.680. The summed E-state index contributed by atoms with van der Waals surface area (Å²) in [6.07, 6.45) is 1.16. The van der Waals surface area contributed by atoms with E-state index in [-0.39, 0.29) is 0 Å². The van der Waals surface area contributed by atoms with Gasteiger partial charge in [0.15, 0.2) is 0 Å². The molecule has 0 aromatic heterocycles. The lowest BCUT2D eigenvalue weighted by molar-refractivity contribution is -0.00170. The van der Waals surface area contributed by atoms with Crippen molar-refractivity contribution in [1.82, 2.24) is 10.2 Å². The summed E-state index contributed by atoms with van der Waals surface area (Å²) in [6.45, 7) is 17.0. The first-order chi connectivity index (χ1) is 8.81. The van der Waals surface area contributed by atoms with Gasteiger partial charge in [0, 0.05) is 38.3 Å². The van der Waals surface area contributed by atoms with Crippen LogP contribution in [-0.4, -0.2) is 49.8 Å². The molecule has 1 N–H and O–H groups in total. The molecule has 3 atom stereocenters. The maximum absolute atomic E-state index is 5.43. The highest BCUT2D eigenvalue weighted by Crippen LogP contribution is 2.27. The Morgan fingerprint density at radius 1 is 1.32 bits per heavy atom. The molecule has 0 saturated carbocycles. The molecule has 3 unspecified atom stereocenters. The van der Waals surface area contributed by atoms with E-state index in [1.165, 1.54) is 0 Å². The van der Waals surface area contributed by atoms with Crippen molar-refractivity contribution in [2.75, 3.05) is 26.8 Å². The van der Waals surface area contributed by atoms with Crippen molar-refractivity contribution in [3.05, 3.63) is 0 Å². The maximum Gasteiger partial charge on any atom is 0.0618 e. The van der Waals surface area contributed by atoms with Crippen molar-refractivity contribution in [2.24, 2.45) is 11.3 Å². The summed E-state index contributed by atoms with van der Waals surface area (Å²) in [5.41, 5.74) is 0.311. The molecule has 1 rings (SSSR count). The van der Waals surface area contributed by atoms with E-state index in [1.54, 1.807) is 0 Å². The zero-order chi connectivity index (χ0) is 14.6.